The SMILES string of the molecule is C=CCn1c(SC(C)C(=O)N2CCC(C(=O)OCC)CC2)nnc1-c1ccc(C(C)(C)C)cc1. The van der Waals surface area contributed by atoms with Crippen LogP contribution in [0.5, 0.6) is 0 Å². The molecule has 184 valence electrons. The molecule has 1 atom stereocenters. The van der Waals surface area contributed by atoms with Gasteiger partial charge in [-0.2, -0.15) is 0 Å². The molecule has 0 N–H and O–H groups in total. The molecule has 8 heteroatoms. The molecule has 1 aromatic carbocycles. The molecular weight excluding hydrogens is 448 g/mol. The Morgan fingerprint density at radius 3 is 2.41 bits per heavy atom. The van der Waals surface area contributed by atoms with Crippen molar-refractivity contribution in [1.29, 1.82) is 0 Å². The highest BCUT2D eigenvalue weighted by molar-refractivity contribution is 8.00. The minimum atomic E-state index is -0.317. The highest BCUT2D eigenvalue weighted by Gasteiger charge is 2.31. The average molecular weight is 485 g/mol. The number of carbonyl (C=O) groups is 2. The molecule has 1 aliphatic heterocycles. The summed E-state index contributed by atoms with van der Waals surface area (Å²) >= 11 is 1.41. The lowest BCUT2D eigenvalue weighted by molar-refractivity contribution is -0.151. The highest BCUT2D eigenvalue weighted by Crippen LogP contribution is 2.30. The molecule has 1 fully saturated rings. The Morgan fingerprint density at radius 1 is 1.21 bits per heavy atom. The van der Waals surface area contributed by atoms with E-state index in [0.29, 0.717) is 44.2 Å². The molecule has 1 aromatic heterocycles. The van der Waals surface area contributed by atoms with Crippen molar-refractivity contribution in [3.05, 3.63) is 42.5 Å². The average Bonchev–Trinajstić information content (AvgIpc) is 3.20. The lowest BCUT2D eigenvalue weighted by atomic mass is 9.87. The van der Waals surface area contributed by atoms with E-state index >= 15 is 0 Å². The third kappa shape index (κ3) is 6.09. The number of hydrogen-bond donors (Lipinski definition) is 0. The van der Waals surface area contributed by atoms with Crippen molar-refractivity contribution >= 4 is 23.6 Å². The predicted molar refractivity (Wildman–Crippen MR) is 136 cm³/mol. The second-order valence-corrected chi connectivity index (χ2v) is 11.0. The number of ether oxygens (including phenoxy) is 1. The van der Waals surface area contributed by atoms with Gasteiger partial charge in [-0.1, -0.05) is 62.9 Å². The number of allylic oxidation sites excluding steroid dienone is 1. The summed E-state index contributed by atoms with van der Waals surface area (Å²) in [5.41, 5.74) is 2.32. The summed E-state index contributed by atoms with van der Waals surface area (Å²) in [6.07, 6.45) is 3.10. The maximum atomic E-state index is 13.1. The molecule has 1 aliphatic rings. The molecule has 2 heterocycles. The molecular formula is C26H36N4O3S. The van der Waals surface area contributed by atoms with Crippen LogP contribution in [0.4, 0.5) is 0 Å². The maximum Gasteiger partial charge on any atom is 0.309 e. The summed E-state index contributed by atoms with van der Waals surface area (Å²) in [4.78, 5) is 26.9. The second kappa shape index (κ2) is 11.2. The number of aromatic nitrogens is 3. The lowest BCUT2D eigenvalue weighted by Gasteiger charge is -2.32. The van der Waals surface area contributed by atoms with E-state index in [1.807, 2.05) is 29.4 Å². The minimum absolute atomic E-state index is 0.0524. The molecule has 3 rings (SSSR count). The van der Waals surface area contributed by atoms with Crippen molar-refractivity contribution in [2.75, 3.05) is 19.7 Å². The molecule has 0 radical (unpaired) electrons. The van der Waals surface area contributed by atoms with Crippen LogP contribution in [0.1, 0.15) is 53.0 Å². The number of hydrogen-bond acceptors (Lipinski definition) is 6. The van der Waals surface area contributed by atoms with E-state index in [1.54, 1.807) is 0 Å². The summed E-state index contributed by atoms with van der Waals surface area (Å²) < 4.78 is 7.13. The van der Waals surface area contributed by atoms with E-state index in [4.69, 9.17) is 4.74 Å². The smallest absolute Gasteiger partial charge is 0.309 e. The van der Waals surface area contributed by atoms with E-state index in [1.165, 1.54) is 17.3 Å². The van der Waals surface area contributed by atoms with Crippen LogP contribution in [0.3, 0.4) is 0 Å². The number of amides is 1. The standard InChI is InChI=1S/C26H36N4O3S/c1-7-15-30-22(19-9-11-21(12-10-19)26(4,5)6)27-28-25(30)34-18(3)23(31)29-16-13-20(14-17-29)24(32)33-8-2/h7,9-12,18,20H,1,8,13-17H2,2-6H3. The third-order valence-electron chi connectivity index (χ3n) is 6.09. The van der Waals surface area contributed by atoms with Crippen LogP contribution in [0.25, 0.3) is 11.4 Å². The highest BCUT2D eigenvalue weighted by atomic mass is 32.2. The Kier molecular flexibility index (Phi) is 8.57. The summed E-state index contributed by atoms with van der Waals surface area (Å²) in [5, 5.41) is 9.21. The Bertz CT molecular complexity index is 1000. The number of likely N-dealkylation sites (tertiary alicyclic amines) is 1. The minimum Gasteiger partial charge on any atom is -0.466 e. The normalized spacial score (nSPS) is 15.7. The summed E-state index contributed by atoms with van der Waals surface area (Å²) in [6.45, 7) is 16.2. The van der Waals surface area contributed by atoms with Crippen molar-refractivity contribution in [1.82, 2.24) is 19.7 Å². The molecule has 2 aromatic rings. The van der Waals surface area contributed by atoms with Gasteiger partial charge in [0, 0.05) is 25.2 Å². The van der Waals surface area contributed by atoms with Crippen molar-refractivity contribution < 1.29 is 14.3 Å². The van der Waals surface area contributed by atoms with Crippen LogP contribution in [-0.2, 0) is 26.3 Å². The zero-order valence-electron chi connectivity index (χ0n) is 20.9. The molecule has 34 heavy (non-hydrogen) atoms. The van der Waals surface area contributed by atoms with E-state index in [-0.39, 0.29) is 28.5 Å². The Labute approximate surface area is 207 Å². The van der Waals surface area contributed by atoms with E-state index < -0.39 is 0 Å². The van der Waals surface area contributed by atoms with Crippen LogP contribution in [0.15, 0.2) is 42.1 Å². The first-order valence-electron chi connectivity index (χ1n) is 11.9. The predicted octanol–water partition coefficient (Wildman–Crippen LogP) is 4.71. The number of carbonyl (C=O) groups excluding carboxylic acids is 2. The van der Waals surface area contributed by atoms with Gasteiger partial charge in [0.2, 0.25) is 5.91 Å². The molecule has 1 unspecified atom stereocenters. The topological polar surface area (TPSA) is 77.3 Å². The van der Waals surface area contributed by atoms with Crippen LogP contribution < -0.4 is 0 Å². The fourth-order valence-corrected chi connectivity index (χ4v) is 5.01. The number of piperidine rings is 1. The Morgan fingerprint density at radius 2 is 1.85 bits per heavy atom. The number of benzene rings is 1. The number of rotatable bonds is 8. The van der Waals surface area contributed by atoms with Gasteiger partial charge in [0.1, 0.15) is 0 Å². The van der Waals surface area contributed by atoms with Gasteiger partial charge < -0.3 is 9.64 Å². The van der Waals surface area contributed by atoms with Gasteiger partial charge in [-0.05, 0) is 37.7 Å². The molecule has 1 saturated heterocycles. The first-order valence-corrected chi connectivity index (χ1v) is 12.8. The first kappa shape index (κ1) is 26.0. The van der Waals surface area contributed by atoms with Gasteiger partial charge in [0.15, 0.2) is 11.0 Å². The lowest BCUT2D eigenvalue weighted by Crippen LogP contribution is -2.43. The molecule has 0 aliphatic carbocycles. The van der Waals surface area contributed by atoms with Gasteiger partial charge in [-0.25, -0.2) is 0 Å². The van der Waals surface area contributed by atoms with E-state index in [2.05, 4.69) is 61.8 Å². The van der Waals surface area contributed by atoms with Gasteiger partial charge in [-0.3, -0.25) is 14.2 Å². The van der Waals surface area contributed by atoms with Gasteiger partial charge >= 0.3 is 5.97 Å². The summed E-state index contributed by atoms with van der Waals surface area (Å²) in [5.74, 6) is 0.543. The molecule has 0 saturated carbocycles. The third-order valence-corrected chi connectivity index (χ3v) is 7.16. The molecule has 1 amide bonds. The molecule has 7 nitrogen and oxygen atoms in total. The molecule has 0 bridgehead atoms. The van der Waals surface area contributed by atoms with E-state index in [0.717, 1.165) is 11.4 Å². The molecule has 0 spiro atoms. The van der Waals surface area contributed by atoms with Gasteiger partial charge in [0.25, 0.3) is 0 Å². The zero-order valence-corrected chi connectivity index (χ0v) is 21.7. The zero-order chi connectivity index (χ0) is 24.9. The van der Waals surface area contributed by atoms with Crippen LogP contribution in [-0.4, -0.2) is 56.5 Å². The van der Waals surface area contributed by atoms with Gasteiger partial charge in [0.05, 0.1) is 17.8 Å². The Hall–Kier alpha value is -2.61. The van der Waals surface area contributed by atoms with Crippen LogP contribution >= 0.6 is 11.8 Å². The Balaban J connectivity index is 1.69. The van der Waals surface area contributed by atoms with Crippen molar-refractivity contribution in [3.8, 4) is 11.4 Å². The quantitative estimate of drug-likeness (QED) is 0.307. The van der Waals surface area contributed by atoms with Crippen molar-refractivity contribution in [2.45, 2.75) is 69.8 Å². The number of esters is 1. The van der Waals surface area contributed by atoms with Gasteiger partial charge in [-0.15, -0.1) is 16.8 Å². The van der Waals surface area contributed by atoms with Crippen molar-refractivity contribution in [2.24, 2.45) is 5.92 Å². The second-order valence-electron chi connectivity index (χ2n) is 9.64. The fraction of sp³-hybridized carbons (Fsp3) is 0.538. The monoisotopic (exact) mass is 484 g/mol. The summed E-state index contributed by atoms with van der Waals surface area (Å²) in [6, 6.07) is 8.39. The first-order chi connectivity index (χ1) is 16.2. The van der Waals surface area contributed by atoms with E-state index in [9.17, 15) is 9.59 Å². The maximum absolute atomic E-state index is 13.1. The summed E-state index contributed by atoms with van der Waals surface area (Å²) in [7, 11) is 0. The van der Waals surface area contributed by atoms with Crippen LogP contribution in [0.2, 0.25) is 0 Å². The number of thioether (sulfide) groups is 1. The van der Waals surface area contributed by atoms with Crippen LogP contribution in [0, 0.1) is 5.92 Å². The van der Waals surface area contributed by atoms with Crippen molar-refractivity contribution in [3.63, 3.8) is 0 Å². The number of nitrogens with zero attached hydrogens (tertiary/aromatic N) is 4. The fourth-order valence-electron chi connectivity index (χ4n) is 4.06. The largest absolute Gasteiger partial charge is 0.466 e.